The van der Waals surface area contributed by atoms with Crippen molar-refractivity contribution in [3.8, 4) is 0 Å². The van der Waals surface area contributed by atoms with Crippen LogP contribution in [0.15, 0.2) is 29.2 Å². The fourth-order valence-corrected chi connectivity index (χ4v) is 6.48. The minimum atomic E-state index is -3.52. The topological polar surface area (TPSA) is 87.7 Å². The summed E-state index contributed by atoms with van der Waals surface area (Å²) in [6.45, 7) is 6.07. The Labute approximate surface area is 166 Å². The zero-order chi connectivity index (χ0) is 19.9. The second-order valence-corrected chi connectivity index (χ2v) is 10.6. The summed E-state index contributed by atoms with van der Waals surface area (Å²) < 4.78 is 33.0. The predicted molar refractivity (Wildman–Crippen MR) is 107 cm³/mol. The number of benzene rings is 1. The number of hydrogen-bond donors (Lipinski definition) is 2. The second-order valence-electron chi connectivity index (χ2n) is 8.63. The number of hydrogen-bond acceptors (Lipinski definition) is 4. The van der Waals surface area contributed by atoms with E-state index < -0.39 is 10.0 Å². The van der Waals surface area contributed by atoms with Gasteiger partial charge < -0.3 is 15.4 Å². The fourth-order valence-electron chi connectivity index (χ4n) is 4.91. The molecule has 3 unspecified atom stereocenters. The number of nitrogens with one attached hydrogen (secondary N) is 2. The van der Waals surface area contributed by atoms with Crippen molar-refractivity contribution < 1.29 is 17.9 Å². The van der Waals surface area contributed by atoms with Crippen molar-refractivity contribution in [1.29, 1.82) is 0 Å². The monoisotopic (exact) mass is 407 g/mol. The molecule has 0 bridgehead atoms. The number of anilines is 1. The summed E-state index contributed by atoms with van der Waals surface area (Å²) in [4.78, 5) is 12.8. The molecule has 2 aliphatic heterocycles. The van der Waals surface area contributed by atoms with Crippen LogP contribution in [-0.2, 0) is 14.8 Å². The van der Waals surface area contributed by atoms with Crippen molar-refractivity contribution in [2.45, 2.75) is 56.6 Å². The molecule has 28 heavy (non-hydrogen) atoms. The molecule has 7 nitrogen and oxygen atoms in total. The van der Waals surface area contributed by atoms with Gasteiger partial charge in [-0.2, -0.15) is 4.31 Å². The number of nitrogens with zero attached hydrogens (tertiary/aromatic N) is 1. The lowest BCUT2D eigenvalue weighted by molar-refractivity contribution is -0.107. The van der Waals surface area contributed by atoms with Crippen LogP contribution in [0.25, 0.3) is 0 Å². The van der Waals surface area contributed by atoms with E-state index in [2.05, 4.69) is 24.5 Å². The maximum absolute atomic E-state index is 12.9. The molecule has 2 saturated heterocycles. The third kappa shape index (κ3) is 3.42. The first-order chi connectivity index (χ1) is 13.3. The predicted octanol–water partition coefficient (Wildman–Crippen LogP) is 2.80. The molecule has 3 aliphatic rings. The van der Waals surface area contributed by atoms with Gasteiger partial charge in [-0.15, -0.1) is 0 Å². The molecule has 0 radical (unpaired) electrons. The van der Waals surface area contributed by atoms with Gasteiger partial charge in [-0.05, 0) is 37.5 Å². The van der Waals surface area contributed by atoms with Gasteiger partial charge in [0.05, 0.1) is 11.0 Å². The molecule has 1 aromatic rings. The molecule has 1 aromatic carbocycles. The number of ether oxygens (including phenoxy) is 1. The Morgan fingerprint density at radius 3 is 2.71 bits per heavy atom. The summed E-state index contributed by atoms with van der Waals surface area (Å²) >= 11 is 0. The zero-order valence-electron chi connectivity index (χ0n) is 16.5. The van der Waals surface area contributed by atoms with Crippen molar-refractivity contribution in [2.75, 3.05) is 25.0 Å². The first kappa shape index (κ1) is 19.7. The lowest BCUT2D eigenvalue weighted by atomic mass is 9.57. The first-order valence-corrected chi connectivity index (χ1v) is 11.5. The summed E-state index contributed by atoms with van der Waals surface area (Å²) in [7, 11) is -3.52. The van der Waals surface area contributed by atoms with E-state index in [1.807, 2.05) is 0 Å². The van der Waals surface area contributed by atoms with Crippen molar-refractivity contribution in [1.82, 2.24) is 9.62 Å². The van der Waals surface area contributed by atoms with Crippen LogP contribution >= 0.6 is 0 Å². The van der Waals surface area contributed by atoms with E-state index in [1.165, 1.54) is 10.4 Å². The highest BCUT2D eigenvalue weighted by molar-refractivity contribution is 7.89. The van der Waals surface area contributed by atoms with Crippen LogP contribution in [0.1, 0.15) is 39.5 Å². The Morgan fingerprint density at radius 1 is 1.21 bits per heavy atom. The van der Waals surface area contributed by atoms with Crippen molar-refractivity contribution in [3.63, 3.8) is 0 Å². The van der Waals surface area contributed by atoms with Gasteiger partial charge in [0.25, 0.3) is 0 Å². The molecular weight excluding hydrogens is 378 g/mol. The molecule has 154 valence electrons. The Morgan fingerprint density at radius 2 is 1.96 bits per heavy atom. The molecule has 2 heterocycles. The lowest BCUT2D eigenvalue weighted by Gasteiger charge is -2.54. The molecule has 8 heteroatoms. The molecule has 1 saturated carbocycles. The van der Waals surface area contributed by atoms with Gasteiger partial charge in [-0.1, -0.05) is 26.3 Å². The van der Waals surface area contributed by atoms with Crippen LogP contribution < -0.4 is 10.6 Å². The van der Waals surface area contributed by atoms with E-state index >= 15 is 0 Å². The summed E-state index contributed by atoms with van der Waals surface area (Å²) in [5.41, 5.74) is 0.379. The average Bonchev–Trinajstić information content (AvgIpc) is 3.14. The minimum Gasteiger partial charge on any atom is -0.377 e. The molecule has 4 rings (SSSR count). The van der Waals surface area contributed by atoms with Gasteiger partial charge in [-0.25, -0.2) is 13.2 Å². The third-order valence-corrected chi connectivity index (χ3v) is 8.33. The average molecular weight is 408 g/mol. The number of rotatable bonds is 4. The van der Waals surface area contributed by atoms with Gasteiger partial charge in [0.2, 0.25) is 10.0 Å². The Kier molecular flexibility index (Phi) is 5.14. The maximum atomic E-state index is 12.9. The molecule has 0 aromatic heterocycles. The summed E-state index contributed by atoms with van der Waals surface area (Å²) in [5.74, 6) is 0.353. The SMILES string of the molecule is CC1(C)C(NC(=O)Nc2cccc(S(=O)(=O)N3CCCCC3)c2)C2CCOC21. The van der Waals surface area contributed by atoms with Crippen LogP contribution in [0, 0.1) is 11.3 Å². The lowest BCUT2D eigenvalue weighted by Crippen LogP contribution is -2.67. The van der Waals surface area contributed by atoms with E-state index in [4.69, 9.17) is 4.74 Å². The van der Waals surface area contributed by atoms with Crippen LogP contribution in [0.3, 0.4) is 0 Å². The van der Waals surface area contributed by atoms with E-state index in [0.29, 0.717) is 24.7 Å². The molecule has 2 amide bonds. The van der Waals surface area contributed by atoms with Crippen molar-refractivity contribution in [2.24, 2.45) is 11.3 Å². The summed E-state index contributed by atoms with van der Waals surface area (Å²) in [5, 5.41) is 5.86. The number of amides is 2. The van der Waals surface area contributed by atoms with Crippen LogP contribution in [0.2, 0.25) is 0 Å². The number of carbonyl (C=O) groups is 1. The standard InChI is InChI=1S/C20H29N3O4S/c1-20(2)17(16-9-12-27-18(16)20)22-19(24)21-14-7-6-8-15(13-14)28(25,26)23-10-4-3-5-11-23/h6-8,13,16-18H,3-5,9-12H2,1-2H3,(H2,21,22,24). The van der Waals surface area contributed by atoms with E-state index in [9.17, 15) is 13.2 Å². The smallest absolute Gasteiger partial charge is 0.319 e. The van der Waals surface area contributed by atoms with Gasteiger partial charge in [0.1, 0.15) is 0 Å². The van der Waals surface area contributed by atoms with Crippen LogP contribution in [-0.4, -0.2) is 50.6 Å². The fraction of sp³-hybridized carbons (Fsp3) is 0.650. The highest BCUT2D eigenvalue weighted by atomic mass is 32.2. The molecule has 3 atom stereocenters. The summed E-state index contributed by atoms with van der Waals surface area (Å²) in [6.07, 6.45) is 4.02. The number of fused-ring (bicyclic) bond motifs is 1. The molecule has 2 N–H and O–H groups in total. The number of piperidine rings is 1. The van der Waals surface area contributed by atoms with Crippen molar-refractivity contribution in [3.05, 3.63) is 24.3 Å². The van der Waals surface area contributed by atoms with Gasteiger partial charge in [0.15, 0.2) is 0 Å². The quantitative estimate of drug-likeness (QED) is 0.803. The molecule has 1 aliphatic carbocycles. The van der Waals surface area contributed by atoms with Crippen molar-refractivity contribution >= 4 is 21.7 Å². The zero-order valence-corrected chi connectivity index (χ0v) is 17.3. The second kappa shape index (κ2) is 7.31. The molecule has 3 fully saturated rings. The van der Waals surface area contributed by atoms with E-state index in [1.54, 1.807) is 18.2 Å². The number of sulfonamides is 1. The molecule has 0 spiro atoms. The third-order valence-electron chi connectivity index (χ3n) is 6.43. The normalized spacial score (nSPS) is 29.6. The Balaban J connectivity index is 1.43. The highest BCUT2D eigenvalue weighted by Crippen LogP contribution is 2.52. The van der Waals surface area contributed by atoms with Gasteiger partial charge >= 0.3 is 6.03 Å². The molecular formula is C20H29N3O4S. The van der Waals surface area contributed by atoms with Crippen LogP contribution in [0.5, 0.6) is 0 Å². The van der Waals surface area contributed by atoms with E-state index in [0.717, 1.165) is 32.3 Å². The summed E-state index contributed by atoms with van der Waals surface area (Å²) in [6, 6.07) is 6.25. The van der Waals surface area contributed by atoms with Crippen LogP contribution in [0.4, 0.5) is 10.5 Å². The Hall–Kier alpha value is -1.64. The first-order valence-electron chi connectivity index (χ1n) is 10.1. The van der Waals surface area contributed by atoms with Gasteiger partial charge in [-0.3, -0.25) is 0 Å². The largest absolute Gasteiger partial charge is 0.377 e. The Bertz CT molecular complexity index is 849. The van der Waals surface area contributed by atoms with E-state index in [-0.39, 0.29) is 28.5 Å². The van der Waals surface area contributed by atoms with Gasteiger partial charge in [0, 0.05) is 42.8 Å². The minimum absolute atomic E-state index is 0.0558. The number of carbonyl (C=O) groups excluding carboxylic acids is 1. The maximum Gasteiger partial charge on any atom is 0.319 e. The highest BCUT2D eigenvalue weighted by Gasteiger charge is 2.59. The number of urea groups is 1.